The molecule has 2 aromatic heterocycles. The van der Waals surface area contributed by atoms with Gasteiger partial charge in [0, 0.05) is 27.7 Å². The van der Waals surface area contributed by atoms with Gasteiger partial charge in [-0.05, 0) is 30.7 Å². The van der Waals surface area contributed by atoms with Crippen molar-refractivity contribution in [3.05, 3.63) is 64.0 Å². The molecule has 0 fully saturated rings. The number of hydrogen-bond acceptors (Lipinski definition) is 4. The van der Waals surface area contributed by atoms with Gasteiger partial charge in [0.1, 0.15) is 5.52 Å². The van der Waals surface area contributed by atoms with Crippen LogP contribution in [0.25, 0.3) is 32.9 Å². The number of H-pyrrole nitrogens is 2. The molecule has 2 aromatic carbocycles. The van der Waals surface area contributed by atoms with Gasteiger partial charge in [-0.15, -0.1) is 0 Å². The molecule has 4 rings (SSSR count). The fraction of sp³-hybridized carbons (Fsp3) is 0.100. The van der Waals surface area contributed by atoms with E-state index in [2.05, 4.69) is 9.97 Å². The summed E-state index contributed by atoms with van der Waals surface area (Å²) in [4.78, 5) is 29.8. The molecule has 6 nitrogen and oxygen atoms in total. The van der Waals surface area contributed by atoms with Gasteiger partial charge in [0.15, 0.2) is 5.75 Å². The van der Waals surface area contributed by atoms with Crippen molar-refractivity contribution in [2.45, 2.75) is 6.92 Å². The molecule has 0 bridgehead atoms. The third-order valence-electron chi connectivity index (χ3n) is 4.25. The Balaban J connectivity index is 1.96. The van der Waals surface area contributed by atoms with Gasteiger partial charge in [-0.3, -0.25) is 4.79 Å². The van der Waals surface area contributed by atoms with Crippen LogP contribution in [0.15, 0.2) is 53.5 Å². The van der Waals surface area contributed by atoms with Crippen LogP contribution in [0, 0.1) is 0 Å². The molecule has 0 saturated carbocycles. The zero-order valence-corrected chi connectivity index (χ0v) is 15.1. The minimum Gasteiger partial charge on any atom is -0.434 e. The average Bonchev–Trinajstić information content (AvgIpc) is 3.07. The summed E-state index contributed by atoms with van der Waals surface area (Å²) in [6.07, 6.45) is 0.646. The van der Waals surface area contributed by atoms with Crippen LogP contribution >= 0.6 is 11.6 Å². The molecule has 2 heterocycles. The zero-order chi connectivity index (χ0) is 19.0. The Labute approximate surface area is 158 Å². The summed E-state index contributed by atoms with van der Waals surface area (Å²) in [6.45, 7) is 1.88. The lowest BCUT2D eigenvalue weighted by molar-refractivity contribution is 0.105. The highest BCUT2D eigenvalue weighted by molar-refractivity contribution is 6.33. The van der Waals surface area contributed by atoms with Crippen molar-refractivity contribution in [2.75, 3.05) is 6.61 Å². The normalized spacial score (nSPS) is 11.0. The fourth-order valence-corrected chi connectivity index (χ4v) is 3.32. The number of carbonyl (C=O) groups excluding carboxylic acids is 1. The maximum atomic E-state index is 12.3. The monoisotopic (exact) mass is 382 g/mol. The third kappa shape index (κ3) is 3.04. The molecule has 0 aliphatic heterocycles. The molecular formula is C20H15ClN2O4. The van der Waals surface area contributed by atoms with Crippen molar-refractivity contribution in [1.82, 2.24) is 9.97 Å². The van der Waals surface area contributed by atoms with Crippen molar-refractivity contribution in [1.29, 1.82) is 0 Å². The van der Waals surface area contributed by atoms with Crippen LogP contribution in [-0.4, -0.2) is 22.7 Å². The van der Waals surface area contributed by atoms with E-state index in [-0.39, 0.29) is 17.9 Å². The molecule has 0 saturated heterocycles. The molecule has 0 unspecified atom stereocenters. The highest BCUT2D eigenvalue weighted by Crippen LogP contribution is 2.34. The van der Waals surface area contributed by atoms with E-state index in [0.29, 0.717) is 21.4 Å². The molecule has 4 aromatic rings. The number of benzene rings is 2. The third-order valence-corrected chi connectivity index (χ3v) is 4.58. The van der Waals surface area contributed by atoms with Crippen LogP contribution in [0.2, 0.25) is 5.02 Å². The van der Waals surface area contributed by atoms with Crippen LogP contribution in [0.3, 0.4) is 0 Å². The van der Waals surface area contributed by atoms with E-state index in [1.54, 1.807) is 13.0 Å². The fourth-order valence-electron chi connectivity index (χ4n) is 3.08. The Kier molecular flexibility index (Phi) is 4.33. The van der Waals surface area contributed by atoms with Crippen molar-refractivity contribution in [3.63, 3.8) is 0 Å². The topological polar surface area (TPSA) is 84.2 Å². The molecule has 0 radical (unpaired) electrons. The lowest BCUT2D eigenvalue weighted by Crippen LogP contribution is -2.10. The summed E-state index contributed by atoms with van der Waals surface area (Å²) >= 11 is 6.32. The number of ether oxygens (including phenoxy) is 2. The van der Waals surface area contributed by atoms with E-state index in [1.807, 2.05) is 36.4 Å². The second-order valence-electron chi connectivity index (χ2n) is 5.88. The van der Waals surface area contributed by atoms with Gasteiger partial charge in [-0.2, -0.15) is 0 Å². The SMILES string of the molecule is CCOC(=O)Oc1c[nH]c2c(=O)[nH]c3ccc(-c4ccccc4Cl)cc3c12. The Morgan fingerprint density at radius 3 is 2.78 bits per heavy atom. The van der Waals surface area contributed by atoms with Crippen molar-refractivity contribution >= 4 is 39.6 Å². The summed E-state index contributed by atoms with van der Waals surface area (Å²) in [5.41, 5.74) is 2.38. The first-order valence-electron chi connectivity index (χ1n) is 8.35. The predicted octanol–water partition coefficient (Wildman–Crippen LogP) is 4.87. The molecule has 7 heteroatoms. The Hall–Kier alpha value is -3.25. The Bertz CT molecular complexity index is 1230. The van der Waals surface area contributed by atoms with E-state index in [1.165, 1.54) is 6.20 Å². The van der Waals surface area contributed by atoms with Gasteiger partial charge >= 0.3 is 6.16 Å². The first-order valence-corrected chi connectivity index (χ1v) is 8.73. The Morgan fingerprint density at radius 1 is 1.19 bits per heavy atom. The maximum absolute atomic E-state index is 12.3. The number of aromatic nitrogens is 2. The maximum Gasteiger partial charge on any atom is 0.513 e. The first kappa shape index (κ1) is 17.2. The summed E-state index contributed by atoms with van der Waals surface area (Å²) in [5, 5.41) is 1.85. The molecule has 0 spiro atoms. The van der Waals surface area contributed by atoms with Crippen LogP contribution in [0.4, 0.5) is 4.79 Å². The van der Waals surface area contributed by atoms with E-state index in [0.717, 1.165) is 16.5 Å². The lowest BCUT2D eigenvalue weighted by atomic mass is 10.0. The number of rotatable bonds is 3. The van der Waals surface area contributed by atoms with E-state index in [9.17, 15) is 9.59 Å². The summed E-state index contributed by atoms with van der Waals surface area (Å²) < 4.78 is 10.1. The molecule has 0 atom stereocenters. The molecule has 27 heavy (non-hydrogen) atoms. The molecule has 136 valence electrons. The lowest BCUT2D eigenvalue weighted by Gasteiger charge is -2.08. The number of pyridine rings is 1. The van der Waals surface area contributed by atoms with Crippen LogP contribution in [-0.2, 0) is 4.74 Å². The van der Waals surface area contributed by atoms with Gasteiger partial charge < -0.3 is 19.4 Å². The van der Waals surface area contributed by atoms with Crippen molar-refractivity contribution < 1.29 is 14.3 Å². The Morgan fingerprint density at radius 2 is 2.00 bits per heavy atom. The number of aromatic amines is 2. The quantitative estimate of drug-likeness (QED) is 0.495. The summed E-state index contributed by atoms with van der Waals surface area (Å²) in [6, 6.07) is 13.1. The minimum atomic E-state index is -0.825. The highest BCUT2D eigenvalue weighted by atomic mass is 35.5. The van der Waals surface area contributed by atoms with Crippen LogP contribution in [0.1, 0.15) is 6.92 Å². The van der Waals surface area contributed by atoms with E-state index in [4.69, 9.17) is 21.1 Å². The standard InChI is InChI=1S/C20H15ClN2O4/c1-2-26-20(25)27-16-10-22-18-17(16)13-9-11(7-8-15(13)23-19(18)24)12-5-3-4-6-14(12)21/h3-10,22H,2H2,1H3,(H,23,24). The smallest absolute Gasteiger partial charge is 0.434 e. The largest absolute Gasteiger partial charge is 0.513 e. The number of fused-ring (bicyclic) bond motifs is 3. The van der Waals surface area contributed by atoms with Crippen LogP contribution in [0.5, 0.6) is 5.75 Å². The summed E-state index contributed by atoms with van der Waals surface area (Å²) in [5.74, 6) is 0.232. The van der Waals surface area contributed by atoms with Gasteiger partial charge in [-0.25, -0.2) is 4.79 Å². The van der Waals surface area contributed by atoms with E-state index < -0.39 is 6.16 Å². The number of carbonyl (C=O) groups is 1. The van der Waals surface area contributed by atoms with Crippen molar-refractivity contribution in [2.24, 2.45) is 0 Å². The predicted molar refractivity (Wildman–Crippen MR) is 105 cm³/mol. The highest BCUT2D eigenvalue weighted by Gasteiger charge is 2.17. The second-order valence-corrected chi connectivity index (χ2v) is 6.29. The van der Waals surface area contributed by atoms with Crippen molar-refractivity contribution in [3.8, 4) is 16.9 Å². The molecule has 0 amide bonds. The molecular weight excluding hydrogens is 368 g/mol. The average molecular weight is 383 g/mol. The zero-order valence-electron chi connectivity index (χ0n) is 14.3. The van der Waals surface area contributed by atoms with Gasteiger partial charge in [0.25, 0.3) is 5.56 Å². The van der Waals surface area contributed by atoms with Crippen LogP contribution < -0.4 is 10.3 Å². The van der Waals surface area contributed by atoms with Gasteiger partial charge in [0.05, 0.1) is 12.0 Å². The molecule has 2 N–H and O–H groups in total. The minimum absolute atomic E-state index is 0.194. The van der Waals surface area contributed by atoms with E-state index >= 15 is 0 Å². The second kappa shape index (κ2) is 6.81. The molecule has 0 aliphatic rings. The number of nitrogens with one attached hydrogen (secondary N) is 2. The summed E-state index contributed by atoms with van der Waals surface area (Å²) in [7, 11) is 0. The molecule has 0 aliphatic carbocycles. The number of hydrogen-bond donors (Lipinski definition) is 2. The first-order chi connectivity index (χ1) is 13.1. The number of halogens is 1. The van der Waals surface area contributed by atoms with Gasteiger partial charge in [0.2, 0.25) is 0 Å². The van der Waals surface area contributed by atoms with Gasteiger partial charge in [-0.1, -0.05) is 35.9 Å².